The van der Waals surface area contributed by atoms with Gasteiger partial charge in [0.1, 0.15) is 24.2 Å². The van der Waals surface area contributed by atoms with Crippen molar-refractivity contribution in [1.82, 2.24) is 19.6 Å². The Labute approximate surface area is 281 Å². The van der Waals surface area contributed by atoms with Gasteiger partial charge in [-0.15, -0.1) is 0 Å². The second kappa shape index (κ2) is 13.5. The van der Waals surface area contributed by atoms with Crippen LogP contribution < -0.4 is 0 Å². The monoisotopic (exact) mass is 664 g/mol. The summed E-state index contributed by atoms with van der Waals surface area (Å²) in [5.74, 6) is -1.88. The molecule has 0 saturated carbocycles. The Morgan fingerprint density at radius 3 is 2.60 bits per heavy atom. The largest absolute Gasteiger partial charge is 0.468 e. The summed E-state index contributed by atoms with van der Waals surface area (Å²) in [5, 5.41) is 0.610. The van der Waals surface area contributed by atoms with E-state index in [-0.39, 0.29) is 54.1 Å². The van der Waals surface area contributed by atoms with Gasteiger partial charge in [0, 0.05) is 29.9 Å². The predicted molar refractivity (Wildman–Crippen MR) is 176 cm³/mol. The number of esters is 1. The van der Waals surface area contributed by atoms with Crippen LogP contribution in [0.15, 0.2) is 48.6 Å². The molecule has 4 amide bonds. The van der Waals surface area contributed by atoms with Gasteiger partial charge in [0.25, 0.3) is 5.91 Å². The summed E-state index contributed by atoms with van der Waals surface area (Å²) in [4.78, 5) is 76.0. The summed E-state index contributed by atoms with van der Waals surface area (Å²) in [6.45, 7) is 4.57. The summed E-state index contributed by atoms with van der Waals surface area (Å²) in [7, 11) is 1.30. The maximum Gasteiger partial charge on any atom is 0.325 e. The number of methoxy groups -OCH3 is 1. The Morgan fingerprint density at radius 1 is 1.06 bits per heavy atom. The Hall–Kier alpha value is -3.66. The smallest absolute Gasteiger partial charge is 0.325 e. The molecular weight excluding hydrogens is 620 g/mol. The summed E-state index contributed by atoms with van der Waals surface area (Å²) >= 11 is 6.40. The van der Waals surface area contributed by atoms with Crippen LogP contribution in [0.3, 0.4) is 0 Å². The molecule has 47 heavy (non-hydrogen) atoms. The molecule has 0 unspecified atom stereocenters. The van der Waals surface area contributed by atoms with Crippen molar-refractivity contribution in [3.05, 3.63) is 59.2 Å². The topological polar surface area (TPSA) is 108 Å². The van der Waals surface area contributed by atoms with Crippen molar-refractivity contribution in [2.75, 3.05) is 26.7 Å². The SMILES string of the molecule is CCC[C@@H]1C=C[C@H]2CCN(C(=O)[C@@H]3CC[C@H]4C=C[C@]5(CCCN5C(=O)[C@@H](C)Cc5ccccc5Cl)C(=O)N43)[C@@H]2C(=O)N1CC(=O)OC. The number of hydrogen-bond donors (Lipinski definition) is 0. The molecule has 0 aromatic heterocycles. The normalized spacial score (nSPS) is 30.5. The van der Waals surface area contributed by atoms with E-state index in [2.05, 4.69) is 0 Å². The zero-order chi connectivity index (χ0) is 33.5. The van der Waals surface area contributed by atoms with Gasteiger partial charge in [-0.2, -0.15) is 0 Å². The van der Waals surface area contributed by atoms with Crippen LogP contribution >= 0.6 is 11.6 Å². The quantitative estimate of drug-likeness (QED) is 0.310. The van der Waals surface area contributed by atoms with Gasteiger partial charge in [0.05, 0.1) is 19.2 Å². The van der Waals surface area contributed by atoms with Gasteiger partial charge >= 0.3 is 5.97 Å². The van der Waals surface area contributed by atoms with Gasteiger partial charge in [-0.3, -0.25) is 24.0 Å². The fraction of sp³-hybridized carbons (Fsp3) is 0.583. The summed E-state index contributed by atoms with van der Waals surface area (Å²) in [6, 6.07) is 5.50. The number of rotatable bonds is 8. The molecule has 5 aliphatic heterocycles. The Kier molecular flexibility index (Phi) is 9.52. The standard InChI is InChI=1S/C36H45ClN4O6/c1-4-8-26-12-11-24-16-20-38(31(24)34(45)39(26)22-30(42)47-3)33(44)29-14-13-27-15-18-36(35(46)41(27)29)17-7-19-40(36)32(43)23(2)21-25-9-5-6-10-28(25)37/h5-6,9-12,15,18,23-24,26-27,29,31H,4,7-8,13-14,16-17,19-22H2,1-3H3/t23-,24-,26+,27-,29-,31-,36+/m0/s1. The number of carbonyl (C=O) groups excluding carboxylic acids is 5. The number of benzene rings is 1. The van der Waals surface area contributed by atoms with Gasteiger partial charge in [-0.05, 0) is 56.6 Å². The minimum Gasteiger partial charge on any atom is -0.468 e. The third kappa shape index (κ3) is 5.87. The van der Waals surface area contributed by atoms with Crippen molar-refractivity contribution in [3.63, 3.8) is 0 Å². The fourth-order valence-corrected chi connectivity index (χ4v) is 8.66. The van der Waals surface area contributed by atoms with E-state index < -0.39 is 23.6 Å². The van der Waals surface area contributed by atoms with Crippen molar-refractivity contribution in [2.24, 2.45) is 11.8 Å². The highest BCUT2D eigenvalue weighted by atomic mass is 35.5. The molecule has 1 spiro atoms. The lowest BCUT2D eigenvalue weighted by Crippen LogP contribution is -2.64. The lowest BCUT2D eigenvalue weighted by molar-refractivity contribution is -0.158. The second-order valence-electron chi connectivity index (χ2n) is 13.7. The van der Waals surface area contributed by atoms with Crippen LogP contribution in [-0.2, 0) is 35.1 Å². The molecule has 0 aliphatic carbocycles. The molecule has 3 fully saturated rings. The van der Waals surface area contributed by atoms with E-state index in [9.17, 15) is 24.0 Å². The Bertz CT molecular complexity index is 1500. The first kappa shape index (κ1) is 33.2. The van der Waals surface area contributed by atoms with Gasteiger partial charge in [0.15, 0.2) is 0 Å². The second-order valence-corrected chi connectivity index (χ2v) is 14.1. The number of ether oxygens (including phenoxy) is 1. The van der Waals surface area contributed by atoms with E-state index in [1.165, 1.54) is 7.11 Å². The highest BCUT2D eigenvalue weighted by molar-refractivity contribution is 6.31. The minimum absolute atomic E-state index is 0.105. The van der Waals surface area contributed by atoms with Crippen LogP contribution in [0.25, 0.3) is 0 Å². The number of hydrogen-bond acceptors (Lipinski definition) is 6. The number of halogens is 1. The maximum absolute atomic E-state index is 14.6. The molecule has 6 rings (SSSR count). The molecule has 1 aromatic carbocycles. The van der Waals surface area contributed by atoms with E-state index in [1.54, 1.807) is 19.6 Å². The van der Waals surface area contributed by atoms with E-state index in [0.29, 0.717) is 63.1 Å². The first-order chi connectivity index (χ1) is 22.6. The molecule has 3 saturated heterocycles. The summed E-state index contributed by atoms with van der Waals surface area (Å²) < 4.78 is 4.91. The lowest BCUT2D eigenvalue weighted by atomic mass is 9.87. The predicted octanol–water partition coefficient (Wildman–Crippen LogP) is 3.77. The van der Waals surface area contributed by atoms with E-state index in [4.69, 9.17) is 16.3 Å². The van der Waals surface area contributed by atoms with Crippen molar-refractivity contribution >= 4 is 41.2 Å². The minimum atomic E-state index is -1.13. The maximum atomic E-state index is 14.6. The van der Waals surface area contributed by atoms with Crippen LogP contribution in [-0.4, -0.2) is 106 Å². The molecule has 5 heterocycles. The van der Waals surface area contributed by atoms with Gasteiger partial charge < -0.3 is 24.3 Å². The van der Waals surface area contributed by atoms with Crippen LogP contribution in [0.2, 0.25) is 5.02 Å². The van der Waals surface area contributed by atoms with Crippen molar-refractivity contribution < 1.29 is 28.7 Å². The van der Waals surface area contributed by atoms with Crippen molar-refractivity contribution in [3.8, 4) is 0 Å². The molecule has 10 nitrogen and oxygen atoms in total. The van der Waals surface area contributed by atoms with Crippen LogP contribution in [0.4, 0.5) is 0 Å². The molecule has 0 N–H and O–H groups in total. The van der Waals surface area contributed by atoms with Crippen molar-refractivity contribution in [1.29, 1.82) is 0 Å². The molecule has 0 bridgehead atoms. The lowest BCUT2D eigenvalue weighted by Gasteiger charge is -2.45. The zero-order valence-electron chi connectivity index (χ0n) is 27.5. The van der Waals surface area contributed by atoms with Crippen LogP contribution in [0.5, 0.6) is 0 Å². The number of fused-ring (bicyclic) bond motifs is 2. The molecule has 252 valence electrons. The first-order valence-corrected chi connectivity index (χ1v) is 17.4. The molecule has 1 aromatic rings. The summed E-state index contributed by atoms with van der Waals surface area (Å²) in [6.07, 6.45) is 12.8. The molecule has 11 heteroatoms. The first-order valence-electron chi connectivity index (χ1n) is 17.0. The number of carbonyl (C=O) groups is 5. The van der Waals surface area contributed by atoms with E-state index in [1.807, 2.05) is 62.4 Å². The van der Waals surface area contributed by atoms with E-state index in [0.717, 1.165) is 12.0 Å². The van der Waals surface area contributed by atoms with Crippen molar-refractivity contribution in [2.45, 2.75) is 94.9 Å². The van der Waals surface area contributed by atoms with Gasteiger partial charge in [0.2, 0.25) is 17.7 Å². The summed E-state index contributed by atoms with van der Waals surface area (Å²) in [5.41, 5.74) is -0.248. The van der Waals surface area contributed by atoms with Crippen LogP contribution in [0.1, 0.15) is 64.4 Å². The van der Waals surface area contributed by atoms with Gasteiger partial charge in [-0.1, -0.05) is 74.4 Å². The highest BCUT2D eigenvalue weighted by Gasteiger charge is 2.58. The number of likely N-dealkylation sites (tertiary alicyclic amines) is 2. The Balaban J connectivity index is 1.23. The fourth-order valence-electron chi connectivity index (χ4n) is 8.45. The third-order valence-corrected chi connectivity index (χ3v) is 11.2. The number of amides is 4. The Morgan fingerprint density at radius 2 is 1.85 bits per heavy atom. The molecule has 7 atom stereocenters. The van der Waals surface area contributed by atoms with Crippen LogP contribution in [0, 0.1) is 11.8 Å². The third-order valence-electron chi connectivity index (χ3n) is 10.9. The molecular formula is C36H45ClN4O6. The van der Waals surface area contributed by atoms with Gasteiger partial charge in [-0.25, -0.2) is 0 Å². The average molecular weight is 665 g/mol. The highest BCUT2D eigenvalue weighted by Crippen LogP contribution is 2.43. The number of nitrogens with zero attached hydrogens (tertiary/aromatic N) is 4. The van der Waals surface area contributed by atoms with E-state index >= 15 is 0 Å². The average Bonchev–Trinajstić information content (AvgIpc) is 3.80. The zero-order valence-corrected chi connectivity index (χ0v) is 28.2. The molecule has 5 aliphatic rings. The molecule has 0 radical (unpaired) electrons.